The van der Waals surface area contributed by atoms with Crippen molar-refractivity contribution in [3.05, 3.63) is 36.0 Å². The molecule has 152 valence electrons. The van der Waals surface area contributed by atoms with Crippen molar-refractivity contribution in [1.82, 2.24) is 14.8 Å². The highest BCUT2D eigenvalue weighted by Crippen LogP contribution is 2.26. The largest absolute Gasteiger partial charge is 0.383 e. The molecule has 6 heteroatoms. The number of para-hydroxylation sites is 1. The zero-order valence-corrected chi connectivity index (χ0v) is 16.7. The second-order valence-corrected chi connectivity index (χ2v) is 7.92. The number of benzene rings is 1. The standard InChI is InChI=1S/C22H31N3O3/c1-27-12-10-24-11-13-28-16-18-8-9-25(15-21(18)24)22(26)7-6-17-14-23-20-5-3-2-4-19(17)20/h2-5,14,18,21,23H,6-13,15-16H2,1H3/t18-,21-/m1/s1. The molecule has 2 fully saturated rings. The van der Waals surface area contributed by atoms with E-state index in [4.69, 9.17) is 9.47 Å². The number of ether oxygens (including phenoxy) is 2. The van der Waals surface area contributed by atoms with E-state index in [1.54, 1.807) is 7.11 Å². The van der Waals surface area contributed by atoms with Gasteiger partial charge in [0.1, 0.15) is 0 Å². The first-order chi connectivity index (χ1) is 13.8. The van der Waals surface area contributed by atoms with Crippen LogP contribution in [0.5, 0.6) is 0 Å². The number of aromatic nitrogens is 1. The SMILES string of the molecule is COCCN1CCOC[C@H]2CCN(C(=O)CCc3c[nH]c4ccccc34)C[C@H]21. The van der Waals surface area contributed by atoms with Crippen molar-refractivity contribution in [2.75, 3.05) is 53.1 Å². The van der Waals surface area contributed by atoms with Crippen LogP contribution in [0.1, 0.15) is 18.4 Å². The highest BCUT2D eigenvalue weighted by atomic mass is 16.5. The van der Waals surface area contributed by atoms with Gasteiger partial charge >= 0.3 is 0 Å². The van der Waals surface area contributed by atoms with Crippen LogP contribution in [-0.4, -0.2) is 79.8 Å². The maximum absolute atomic E-state index is 13.0. The Labute approximate surface area is 166 Å². The summed E-state index contributed by atoms with van der Waals surface area (Å²) >= 11 is 0. The number of piperidine rings is 1. The van der Waals surface area contributed by atoms with Gasteiger partial charge in [-0.1, -0.05) is 18.2 Å². The fourth-order valence-electron chi connectivity index (χ4n) is 4.62. The van der Waals surface area contributed by atoms with E-state index >= 15 is 0 Å². The number of hydrogen-bond acceptors (Lipinski definition) is 4. The molecule has 2 saturated heterocycles. The highest BCUT2D eigenvalue weighted by Gasteiger charge is 2.36. The van der Waals surface area contributed by atoms with Crippen LogP contribution >= 0.6 is 0 Å². The summed E-state index contributed by atoms with van der Waals surface area (Å²) in [5.41, 5.74) is 2.36. The lowest BCUT2D eigenvalue weighted by Gasteiger charge is -2.42. The first kappa shape index (κ1) is 19.4. The summed E-state index contributed by atoms with van der Waals surface area (Å²) in [5.74, 6) is 0.776. The second kappa shape index (κ2) is 9.07. The van der Waals surface area contributed by atoms with Crippen LogP contribution in [0, 0.1) is 5.92 Å². The third-order valence-corrected chi connectivity index (χ3v) is 6.26. The monoisotopic (exact) mass is 385 g/mol. The van der Waals surface area contributed by atoms with Gasteiger partial charge in [0, 0.05) is 68.8 Å². The molecule has 0 unspecified atom stereocenters. The van der Waals surface area contributed by atoms with Gasteiger partial charge in [-0.05, 0) is 24.5 Å². The molecule has 0 bridgehead atoms. The number of carbonyl (C=O) groups is 1. The number of fused-ring (bicyclic) bond motifs is 2. The Kier molecular flexibility index (Phi) is 6.29. The summed E-state index contributed by atoms with van der Waals surface area (Å²) in [6, 6.07) is 8.66. The number of H-pyrrole nitrogens is 1. The summed E-state index contributed by atoms with van der Waals surface area (Å²) in [6.45, 7) is 5.77. The molecule has 0 spiro atoms. The number of aromatic amines is 1. The third kappa shape index (κ3) is 4.24. The molecule has 1 N–H and O–H groups in total. The molecule has 28 heavy (non-hydrogen) atoms. The lowest BCUT2D eigenvalue weighted by Crippen LogP contribution is -2.55. The van der Waals surface area contributed by atoms with E-state index in [-0.39, 0.29) is 5.91 Å². The minimum atomic E-state index is 0.264. The van der Waals surface area contributed by atoms with E-state index in [0.717, 1.165) is 64.4 Å². The van der Waals surface area contributed by atoms with E-state index in [0.29, 0.717) is 18.4 Å². The maximum atomic E-state index is 13.0. The summed E-state index contributed by atoms with van der Waals surface area (Å²) in [5, 5.41) is 1.22. The Hall–Kier alpha value is -1.89. The molecule has 0 aliphatic carbocycles. The molecule has 2 aliphatic rings. The van der Waals surface area contributed by atoms with Gasteiger partial charge in [-0.25, -0.2) is 0 Å². The average molecular weight is 386 g/mol. The average Bonchev–Trinajstić information content (AvgIpc) is 3.03. The number of likely N-dealkylation sites (tertiary alicyclic amines) is 1. The van der Waals surface area contributed by atoms with Crippen LogP contribution in [-0.2, 0) is 20.7 Å². The van der Waals surface area contributed by atoms with E-state index < -0.39 is 0 Å². The Morgan fingerprint density at radius 1 is 1.32 bits per heavy atom. The maximum Gasteiger partial charge on any atom is 0.222 e. The molecule has 2 atom stereocenters. The van der Waals surface area contributed by atoms with E-state index in [1.165, 1.54) is 10.9 Å². The molecule has 1 aromatic carbocycles. The van der Waals surface area contributed by atoms with Gasteiger partial charge in [-0.15, -0.1) is 0 Å². The number of carbonyl (C=O) groups excluding carboxylic acids is 1. The minimum absolute atomic E-state index is 0.264. The zero-order chi connectivity index (χ0) is 19.3. The van der Waals surface area contributed by atoms with Gasteiger partial charge in [0.25, 0.3) is 0 Å². The normalized spacial score (nSPS) is 23.5. The van der Waals surface area contributed by atoms with Crippen molar-refractivity contribution in [2.24, 2.45) is 5.92 Å². The van der Waals surface area contributed by atoms with Crippen molar-refractivity contribution in [3.63, 3.8) is 0 Å². The number of hydrogen-bond donors (Lipinski definition) is 1. The van der Waals surface area contributed by atoms with Gasteiger partial charge in [-0.3, -0.25) is 9.69 Å². The number of nitrogens with one attached hydrogen (secondary N) is 1. The Morgan fingerprint density at radius 3 is 3.11 bits per heavy atom. The van der Waals surface area contributed by atoms with Crippen LogP contribution < -0.4 is 0 Å². The quantitative estimate of drug-likeness (QED) is 0.829. The smallest absolute Gasteiger partial charge is 0.222 e. The fraction of sp³-hybridized carbons (Fsp3) is 0.591. The van der Waals surface area contributed by atoms with Gasteiger partial charge < -0.3 is 19.4 Å². The first-order valence-corrected chi connectivity index (χ1v) is 10.4. The molecule has 0 radical (unpaired) electrons. The molecule has 1 amide bonds. The summed E-state index contributed by atoms with van der Waals surface area (Å²) in [7, 11) is 1.74. The zero-order valence-electron chi connectivity index (χ0n) is 16.7. The van der Waals surface area contributed by atoms with Crippen LogP contribution in [0.3, 0.4) is 0 Å². The van der Waals surface area contributed by atoms with Crippen molar-refractivity contribution in [1.29, 1.82) is 0 Å². The Bertz CT molecular complexity index is 790. The molecular weight excluding hydrogens is 354 g/mol. The third-order valence-electron chi connectivity index (χ3n) is 6.26. The van der Waals surface area contributed by atoms with Crippen molar-refractivity contribution >= 4 is 16.8 Å². The lowest BCUT2D eigenvalue weighted by atomic mass is 9.90. The first-order valence-electron chi connectivity index (χ1n) is 10.4. The van der Waals surface area contributed by atoms with E-state index in [9.17, 15) is 4.79 Å². The van der Waals surface area contributed by atoms with Crippen molar-refractivity contribution < 1.29 is 14.3 Å². The van der Waals surface area contributed by atoms with Crippen LogP contribution in [0.2, 0.25) is 0 Å². The molecule has 4 rings (SSSR count). The van der Waals surface area contributed by atoms with Crippen LogP contribution in [0.15, 0.2) is 30.5 Å². The Morgan fingerprint density at radius 2 is 2.21 bits per heavy atom. The molecular formula is C22H31N3O3. The lowest BCUT2D eigenvalue weighted by molar-refractivity contribution is -0.134. The van der Waals surface area contributed by atoms with Gasteiger partial charge in [0.2, 0.25) is 5.91 Å². The number of aryl methyl sites for hydroxylation is 1. The minimum Gasteiger partial charge on any atom is -0.383 e. The van der Waals surface area contributed by atoms with E-state index in [1.807, 2.05) is 12.3 Å². The molecule has 2 aliphatic heterocycles. The summed E-state index contributed by atoms with van der Waals surface area (Å²) < 4.78 is 11.1. The molecule has 6 nitrogen and oxygen atoms in total. The van der Waals surface area contributed by atoms with Gasteiger partial charge in [-0.2, -0.15) is 0 Å². The van der Waals surface area contributed by atoms with E-state index in [2.05, 4.69) is 33.0 Å². The van der Waals surface area contributed by atoms with Gasteiger partial charge in [0.05, 0.1) is 19.8 Å². The molecule has 3 heterocycles. The van der Waals surface area contributed by atoms with Crippen LogP contribution in [0.4, 0.5) is 0 Å². The number of amides is 1. The second-order valence-electron chi connectivity index (χ2n) is 7.92. The fourth-order valence-corrected chi connectivity index (χ4v) is 4.62. The molecule has 2 aromatic rings. The predicted octanol–water partition coefficient (Wildman–Crippen LogP) is 2.30. The molecule has 1 aromatic heterocycles. The molecule has 0 saturated carbocycles. The summed E-state index contributed by atoms with van der Waals surface area (Å²) in [4.78, 5) is 20.8. The number of methoxy groups -OCH3 is 1. The highest BCUT2D eigenvalue weighted by molar-refractivity contribution is 5.84. The number of nitrogens with zero attached hydrogens (tertiary/aromatic N) is 2. The van der Waals surface area contributed by atoms with Crippen molar-refractivity contribution in [2.45, 2.75) is 25.3 Å². The van der Waals surface area contributed by atoms with Crippen molar-refractivity contribution in [3.8, 4) is 0 Å². The Balaban J connectivity index is 1.37. The van der Waals surface area contributed by atoms with Gasteiger partial charge in [0.15, 0.2) is 0 Å². The number of rotatable bonds is 6. The summed E-state index contributed by atoms with van der Waals surface area (Å²) in [6.07, 6.45) is 4.41. The predicted molar refractivity (Wildman–Crippen MR) is 109 cm³/mol. The topological polar surface area (TPSA) is 57.8 Å². The van der Waals surface area contributed by atoms with Crippen LogP contribution in [0.25, 0.3) is 10.9 Å².